The molecule has 6 heteroatoms. The van der Waals surface area contributed by atoms with Crippen molar-refractivity contribution in [3.8, 4) is 11.5 Å². The van der Waals surface area contributed by atoms with Crippen LogP contribution < -0.4 is 20.3 Å². The van der Waals surface area contributed by atoms with E-state index in [1.165, 1.54) is 5.56 Å². The molecule has 6 aromatic carbocycles. The molecule has 1 spiro atoms. The van der Waals surface area contributed by atoms with E-state index in [-0.39, 0.29) is 5.97 Å². The summed E-state index contributed by atoms with van der Waals surface area (Å²) in [5, 5.41) is 7.04. The Morgan fingerprint density at radius 2 is 1.32 bits per heavy atom. The molecule has 0 saturated carbocycles. The molecule has 8 rings (SSSR count). The smallest absolute Gasteiger partial charge is 0.340 e. The zero-order chi connectivity index (χ0) is 32.1. The van der Waals surface area contributed by atoms with Gasteiger partial charge in [-0.15, -0.1) is 0 Å². The number of ether oxygens (including phenoxy) is 2. The van der Waals surface area contributed by atoms with Crippen LogP contribution in [0.1, 0.15) is 38.2 Å². The molecule has 2 heterocycles. The van der Waals surface area contributed by atoms with Gasteiger partial charge in [0.05, 0.1) is 16.8 Å². The lowest BCUT2D eigenvalue weighted by Gasteiger charge is -2.39. The van der Waals surface area contributed by atoms with E-state index < -0.39 is 5.60 Å². The molecule has 0 amide bonds. The maximum absolute atomic E-state index is 13.7. The predicted molar refractivity (Wildman–Crippen MR) is 188 cm³/mol. The molecular weight excluding hydrogens is 582 g/mol. The number of aryl methyl sites for hydroxylation is 2. The predicted octanol–water partition coefficient (Wildman–Crippen LogP) is 10.1. The number of esters is 1. The molecule has 2 aliphatic rings. The van der Waals surface area contributed by atoms with Crippen molar-refractivity contribution in [1.29, 1.82) is 0 Å². The SMILES string of the molecule is Cc1ccc(Nc2ccc(N(C)c3cccc4c3C3(OC(=O)c5ccccc53)c3cc(Nc5ccccc5)c(C)cc3O4)cc2)cc1. The molecule has 2 N–H and O–H groups in total. The van der Waals surface area contributed by atoms with E-state index >= 15 is 0 Å². The van der Waals surface area contributed by atoms with Crippen LogP contribution >= 0.6 is 0 Å². The summed E-state index contributed by atoms with van der Waals surface area (Å²) in [6, 6.07) is 44.4. The number of carbonyl (C=O) groups excluding carboxylic acids is 1. The molecule has 0 radical (unpaired) electrons. The molecule has 0 aliphatic carbocycles. The Hall–Kier alpha value is -6.01. The molecule has 0 fully saturated rings. The minimum atomic E-state index is -1.23. The Morgan fingerprint density at radius 3 is 2.09 bits per heavy atom. The lowest BCUT2D eigenvalue weighted by atomic mass is 9.76. The van der Waals surface area contributed by atoms with E-state index in [1.807, 2.05) is 86.8 Å². The van der Waals surface area contributed by atoms with Crippen molar-refractivity contribution >= 4 is 40.1 Å². The van der Waals surface area contributed by atoms with Crippen molar-refractivity contribution in [2.45, 2.75) is 19.4 Å². The number of nitrogens with one attached hydrogen (secondary N) is 2. The topological polar surface area (TPSA) is 62.8 Å². The number of fused-ring (bicyclic) bond motifs is 6. The number of hydrogen-bond donors (Lipinski definition) is 2. The molecule has 0 aromatic heterocycles. The third-order valence-electron chi connectivity index (χ3n) is 9.06. The minimum absolute atomic E-state index is 0.360. The average Bonchev–Trinajstić information content (AvgIpc) is 3.39. The number of rotatable bonds is 6. The van der Waals surface area contributed by atoms with Gasteiger partial charge in [0.1, 0.15) is 11.5 Å². The van der Waals surface area contributed by atoms with Gasteiger partial charge in [0.25, 0.3) is 0 Å². The first-order valence-electron chi connectivity index (χ1n) is 15.7. The van der Waals surface area contributed by atoms with E-state index in [0.717, 1.165) is 56.4 Å². The first-order chi connectivity index (χ1) is 22.9. The molecule has 2 aliphatic heterocycles. The highest BCUT2D eigenvalue weighted by atomic mass is 16.6. The minimum Gasteiger partial charge on any atom is -0.456 e. The van der Waals surface area contributed by atoms with Crippen LogP contribution in [0.4, 0.5) is 34.1 Å². The third-order valence-corrected chi connectivity index (χ3v) is 9.06. The van der Waals surface area contributed by atoms with Crippen molar-refractivity contribution in [3.05, 3.63) is 167 Å². The Morgan fingerprint density at radius 1 is 0.638 bits per heavy atom. The zero-order valence-corrected chi connectivity index (χ0v) is 26.4. The molecular formula is C41H33N3O3. The third kappa shape index (κ3) is 4.77. The number of anilines is 6. The van der Waals surface area contributed by atoms with Gasteiger partial charge in [0, 0.05) is 46.6 Å². The molecule has 230 valence electrons. The quantitative estimate of drug-likeness (QED) is 0.182. The number of para-hydroxylation sites is 1. The highest BCUT2D eigenvalue weighted by molar-refractivity contribution is 5.98. The van der Waals surface area contributed by atoms with Gasteiger partial charge < -0.3 is 25.0 Å². The van der Waals surface area contributed by atoms with Gasteiger partial charge in [-0.2, -0.15) is 0 Å². The summed E-state index contributed by atoms with van der Waals surface area (Å²) in [6.45, 7) is 4.13. The van der Waals surface area contributed by atoms with Crippen LogP contribution in [-0.2, 0) is 10.3 Å². The van der Waals surface area contributed by atoms with E-state index in [9.17, 15) is 4.79 Å². The fourth-order valence-corrected chi connectivity index (χ4v) is 6.66. The molecule has 0 saturated heterocycles. The number of nitrogens with zero attached hydrogens (tertiary/aromatic N) is 1. The number of benzene rings is 6. The van der Waals surface area contributed by atoms with Crippen LogP contribution in [0, 0.1) is 13.8 Å². The largest absolute Gasteiger partial charge is 0.456 e. The molecule has 6 nitrogen and oxygen atoms in total. The van der Waals surface area contributed by atoms with Crippen molar-refractivity contribution in [2.24, 2.45) is 0 Å². The van der Waals surface area contributed by atoms with E-state index in [2.05, 4.69) is 83.1 Å². The molecule has 6 aromatic rings. The highest BCUT2D eigenvalue weighted by Crippen LogP contribution is 2.59. The fourth-order valence-electron chi connectivity index (χ4n) is 6.66. The summed E-state index contributed by atoms with van der Waals surface area (Å²) in [6.07, 6.45) is 0. The van der Waals surface area contributed by atoms with E-state index in [1.54, 1.807) is 0 Å². The maximum atomic E-state index is 13.7. The lowest BCUT2D eigenvalue weighted by molar-refractivity contribution is 0.0226. The van der Waals surface area contributed by atoms with Crippen LogP contribution in [0.5, 0.6) is 11.5 Å². The summed E-state index contributed by atoms with van der Waals surface area (Å²) in [5.41, 5.74) is 9.64. The Bertz CT molecular complexity index is 2140. The summed E-state index contributed by atoms with van der Waals surface area (Å²) in [4.78, 5) is 15.8. The lowest BCUT2D eigenvalue weighted by Crippen LogP contribution is -2.35. The van der Waals surface area contributed by atoms with Gasteiger partial charge >= 0.3 is 5.97 Å². The van der Waals surface area contributed by atoms with E-state index in [4.69, 9.17) is 9.47 Å². The highest BCUT2D eigenvalue weighted by Gasteiger charge is 2.55. The van der Waals surface area contributed by atoms with Crippen LogP contribution in [-0.4, -0.2) is 13.0 Å². The van der Waals surface area contributed by atoms with Gasteiger partial charge in [-0.25, -0.2) is 4.79 Å². The monoisotopic (exact) mass is 615 g/mol. The Kier molecular flexibility index (Phi) is 6.73. The van der Waals surface area contributed by atoms with Gasteiger partial charge in [-0.05, 0) is 98.3 Å². The van der Waals surface area contributed by atoms with Crippen molar-refractivity contribution < 1.29 is 14.3 Å². The summed E-state index contributed by atoms with van der Waals surface area (Å²) < 4.78 is 13.3. The Labute approximate surface area is 274 Å². The first kappa shape index (κ1) is 28.5. The Balaban J connectivity index is 1.26. The molecule has 1 unspecified atom stereocenters. The second-order valence-electron chi connectivity index (χ2n) is 12.1. The van der Waals surface area contributed by atoms with E-state index in [0.29, 0.717) is 17.1 Å². The number of hydrogen-bond acceptors (Lipinski definition) is 6. The second-order valence-corrected chi connectivity index (χ2v) is 12.1. The van der Waals surface area contributed by atoms with Crippen LogP contribution in [0.25, 0.3) is 0 Å². The normalized spacial score (nSPS) is 15.6. The first-order valence-corrected chi connectivity index (χ1v) is 15.7. The standard InChI is InChI=1S/C41H33N3O3/c1-26-16-18-29(19-17-26)42-30-20-22-31(23-21-30)44(3)36-14-9-15-37-39(36)41(33-13-8-7-12-32(33)40(45)47-41)34-25-35(27(2)24-38(34)46-37)43-28-10-5-4-6-11-28/h4-25,42-43H,1-3H3. The summed E-state index contributed by atoms with van der Waals surface area (Å²) >= 11 is 0. The van der Waals surface area contributed by atoms with Gasteiger partial charge in [0.15, 0.2) is 5.60 Å². The molecule has 1 atom stereocenters. The van der Waals surface area contributed by atoms with Gasteiger partial charge in [-0.3, -0.25) is 0 Å². The van der Waals surface area contributed by atoms with Crippen LogP contribution in [0.3, 0.4) is 0 Å². The van der Waals surface area contributed by atoms with Gasteiger partial charge in [0.2, 0.25) is 0 Å². The fraction of sp³-hybridized carbons (Fsp3) is 0.0976. The molecule has 0 bridgehead atoms. The molecule has 47 heavy (non-hydrogen) atoms. The van der Waals surface area contributed by atoms with Gasteiger partial charge in [-0.1, -0.05) is 60.2 Å². The number of carbonyl (C=O) groups is 1. The summed E-state index contributed by atoms with van der Waals surface area (Å²) in [7, 11) is 2.03. The van der Waals surface area contributed by atoms with Crippen molar-refractivity contribution in [3.63, 3.8) is 0 Å². The van der Waals surface area contributed by atoms with Crippen molar-refractivity contribution in [1.82, 2.24) is 0 Å². The second kappa shape index (κ2) is 11.1. The van der Waals surface area contributed by atoms with Crippen LogP contribution in [0.2, 0.25) is 0 Å². The average molecular weight is 616 g/mol. The zero-order valence-electron chi connectivity index (χ0n) is 26.4. The van der Waals surface area contributed by atoms with Crippen molar-refractivity contribution in [2.75, 3.05) is 22.6 Å². The maximum Gasteiger partial charge on any atom is 0.340 e. The van der Waals surface area contributed by atoms with Crippen LogP contribution in [0.15, 0.2) is 133 Å². The summed E-state index contributed by atoms with van der Waals surface area (Å²) in [5.74, 6) is 0.943.